The summed E-state index contributed by atoms with van der Waals surface area (Å²) in [5, 5.41) is 15.9. The molecule has 2 N–H and O–H groups in total. The number of amides is 1. The molecule has 1 aromatic rings. The van der Waals surface area contributed by atoms with Gasteiger partial charge in [0.1, 0.15) is 5.69 Å². The van der Waals surface area contributed by atoms with Crippen LogP contribution in [0.15, 0.2) is 6.07 Å². The molecule has 0 spiro atoms. The fourth-order valence-electron chi connectivity index (χ4n) is 2.45. The van der Waals surface area contributed by atoms with Crippen LogP contribution in [-0.2, 0) is 4.79 Å². The van der Waals surface area contributed by atoms with Gasteiger partial charge in [0.05, 0.1) is 5.92 Å². The molecule has 2 heterocycles. The van der Waals surface area contributed by atoms with Gasteiger partial charge in [-0.3, -0.25) is 14.7 Å². The number of nitrogens with one attached hydrogen (secondary N) is 1. The zero-order chi connectivity index (χ0) is 14.2. The third-order valence-corrected chi connectivity index (χ3v) is 3.77. The van der Waals surface area contributed by atoms with E-state index in [1.807, 2.05) is 13.8 Å². The Bertz CT molecular complexity index is 495. The zero-order valence-electron chi connectivity index (χ0n) is 11.4. The summed E-state index contributed by atoms with van der Waals surface area (Å²) in [6, 6.07) is 1.46. The molecule has 104 valence electrons. The standard InChI is InChI=1S/C13H19N3O3/c1-7(2)10-6-11(15-14-10)12(17)16-5-4-9(8(16)3)13(18)19/h6-9H,4-5H2,1-3H3,(H,14,15)(H,18,19). The van der Waals surface area contributed by atoms with Crippen LogP contribution >= 0.6 is 0 Å². The highest BCUT2D eigenvalue weighted by Gasteiger charge is 2.38. The summed E-state index contributed by atoms with van der Waals surface area (Å²) in [6.45, 7) is 6.28. The van der Waals surface area contributed by atoms with Crippen LogP contribution in [0.1, 0.15) is 49.3 Å². The molecule has 2 atom stereocenters. The number of rotatable bonds is 3. The summed E-state index contributed by atoms with van der Waals surface area (Å²) < 4.78 is 0. The van der Waals surface area contributed by atoms with E-state index in [0.29, 0.717) is 18.7 Å². The van der Waals surface area contributed by atoms with Gasteiger partial charge in [-0.05, 0) is 25.3 Å². The minimum atomic E-state index is -0.840. The number of hydrogen-bond acceptors (Lipinski definition) is 3. The van der Waals surface area contributed by atoms with Crippen LogP contribution in [0.5, 0.6) is 0 Å². The Morgan fingerprint density at radius 3 is 2.68 bits per heavy atom. The van der Waals surface area contributed by atoms with E-state index in [0.717, 1.165) is 5.69 Å². The molecule has 1 aliphatic rings. The van der Waals surface area contributed by atoms with Crippen molar-refractivity contribution in [3.63, 3.8) is 0 Å². The number of carboxylic acids is 1. The number of carboxylic acid groups (broad SMARTS) is 1. The van der Waals surface area contributed by atoms with Crippen LogP contribution in [0.4, 0.5) is 0 Å². The minimum Gasteiger partial charge on any atom is -0.481 e. The number of H-pyrrole nitrogens is 1. The number of aromatic nitrogens is 2. The number of aliphatic carboxylic acids is 1. The van der Waals surface area contributed by atoms with Crippen LogP contribution in [-0.4, -0.2) is 44.7 Å². The third-order valence-electron chi connectivity index (χ3n) is 3.77. The Kier molecular flexibility index (Phi) is 3.59. The highest BCUT2D eigenvalue weighted by atomic mass is 16.4. The van der Waals surface area contributed by atoms with Gasteiger partial charge in [-0.25, -0.2) is 0 Å². The van der Waals surface area contributed by atoms with E-state index < -0.39 is 11.9 Å². The Morgan fingerprint density at radius 1 is 1.53 bits per heavy atom. The Morgan fingerprint density at radius 2 is 2.21 bits per heavy atom. The Balaban J connectivity index is 2.14. The van der Waals surface area contributed by atoms with Crippen LogP contribution < -0.4 is 0 Å². The molecule has 2 unspecified atom stereocenters. The highest BCUT2D eigenvalue weighted by molar-refractivity contribution is 5.93. The molecule has 6 heteroatoms. The minimum absolute atomic E-state index is 0.195. The molecule has 2 rings (SSSR count). The maximum Gasteiger partial charge on any atom is 0.308 e. The van der Waals surface area contributed by atoms with Crippen molar-refractivity contribution in [1.82, 2.24) is 15.1 Å². The molecule has 0 saturated carbocycles. The SMILES string of the molecule is CC(C)c1cc(C(=O)N2CCC(C(=O)O)C2C)n[nH]1. The van der Waals surface area contributed by atoms with E-state index in [4.69, 9.17) is 5.11 Å². The van der Waals surface area contributed by atoms with Gasteiger partial charge in [-0.2, -0.15) is 5.10 Å². The van der Waals surface area contributed by atoms with E-state index in [9.17, 15) is 9.59 Å². The molecule has 0 aliphatic carbocycles. The van der Waals surface area contributed by atoms with Crippen molar-refractivity contribution >= 4 is 11.9 Å². The fraction of sp³-hybridized carbons (Fsp3) is 0.615. The average molecular weight is 265 g/mol. The molecule has 0 bridgehead atoms. The normalized spacial score (nSPS) is 23.1. The molecular weight excluding hydrogens is 246 g/mol. The molecule has 1 fully saturated rings. The van der Waals surface area contributed by atoms with E-state index >= 15 is 0 Å². The second-order valence-electron chi connectivity index (χ2n) is 5.34. The molecule has 1 saturated heterocycles. The summed E-state index contributed by atoms with van der Waals surface area (Å²) in [4.78, 5) is 25.0. The highest BCUT2D eigenvalue weighted by Crippen LogP contribution is 2.26. The largest absolute Gasteiger partial charge is 0.481 e. The van der Waals surface area contributed by atoms with Gasteiger partial charge in [-0.15, -0.1) is 0 Å². The first-order chi connectivity index (χ1) is 8.91. The summed E-state index contributed by atoms with van der Waals surface area (Å²) in [5.74, 6) is -1.24. The van der Waals surface area contributed by atoms with Crippen LogP contribution in [0.3, 0.4) is 0 Å². The van der Waals surface area contributed by atoms with Crippen molar-refractivity contribution in [2.75, 3.05) is 6.54 Å². The lowest BCUT2D eigenvalue weighted by Gasteiger charge is -2.22. The number of carbonyl (C=O) groups is 2. The number of aromatic amines is 1. The molecule has 6 nitrogen and oxygen atoms in total. The van der Waals surface area contributed by atoms with Crippen molar-refractivity contribution in [3.05, 3.63) is 17.5 Å². The predicted octanol–water partition coefficient (Wildman–Crippen LogP) is 1.47. The topological polar surface area (TPSA) is 86.3 Å². The number of likely N-dealkylation sites (tertiary alicyclic amines) is 1. The zero-order valence-corrected chi connectivity index (χ0v) is 11.4. The summed E-state index contributed by atoms with van der Waals surface area (Å²) >= 11 is 0. The monoisotopic (exact) mass is 265 g/mol. The first-order valence-corrected chi connectivity index (χ1v) is 6.51. The lowest BCUT2D eigenvalue weighted by molar-refractivity contribution is -0.142. The average Bonchev–Trinajstić information content (AvgIpc) is 2.94. The van der Waals surface area contributed by atoms with Gasteiger partial charge in [0, 0.05) is 18.3 Å². The van der Waals surface area contributed by atoms with Gasteiger partial charge in [-0.1, -0.05) is 13.8 Å². The number of nitrogens with zero attached hydrogens (tertiary/aromatic N) is 2. The van der Waals surface area contributed by atoms with Crippen LogP contribution in [0.25, 0.3) is 0 Å². The van der Waals surface area contributed by atoms with E-state index in [1.54, 1.807) is 17.9 Å². The van der Waals surface area contributed by atoms with Crippen LogP contribution in [0, 0.1) is 5.92 Å². The first kappa shape index (κ1) is 13.6. The third kappa shape index (κ3) is 2.47. The maximum atomic E-state index is 12.3. The van der Waals surface area contributed by atoms with Gasteiger partial charge < -0.3 is 10.0 Å². The molecule has 1 aliphatic heterocycles. The van der Waals surface area contributed by atoms with E-state index in [-0.39, 0.29) is 17.9 Å². The van der Waals surface area contributed by atoms with E-state index in [2.05, 4.69) is 10.2 Å². The van der Waals surface area contributed by atoms with Gasteiger partial charge in [0.2, 0.25) is 0 Å². The summed E-state index contributed by atoms with van der Waals surface area (Å²) in [7, 11) is 0. The Labute approximate surface area is 111 Å². The summed E-state index contributed by atoms with van der Waals surface area (Å²) in [5.41, 5.74) is 1.27. The van der Waals surface area contributed by atoms with Crippen molar-refractivity contribution in [2.45, 2.75) is 39.2 Å². The Hall–Kier alpha value is -1.85. The molecule has 0 radical (unpaired) electrons. The van der Waals surface area contributed by atoms with Gasteiger partial charge in [0.25, 0.3) is 5.91 Å². The maximum absolute atomic E-state index is 12.3. The fourth-order valence-corrected chi connectivity index (χ4v) is 2.45. The van der Waals surface area contributed by atoms with Gasteiger partial charge >= 0.3 is 5.97 Å². The lowest BCUT2D eigenvalue weighted by Crippen LogP contribution is -2.37. The lowest BCUT2D eigenvalue weighted by atomic mass is 10.0. The molecular formula is C13H19N3O3. The number of carbonyl (C=O) groups excluding carboxylic acids is 1. The second kappa shape index (κ2) is 5.03. The van der Waals surface area contributed by atoms with Crippen LogP contribution in [0.2, 0.25) is 0 Å². The predicted molar refractivity (Wildman–Crippen MR) is 68.9 cm³/mol. The van der Waals surface area contributed by atoms with E-state index in [1.165, 1.54) is 0 Å². The van der Waals surface area contributed by atoms with Gasteiger partial charge in [0.15, 0.2) is 0 Å². The van der Waals surface area contributed by atoms with Crippen molar-refractivity contribution in [2.24, 2.45) is 5.92 Å². The number of hydrogen-bond donors (Lipinski definition) is 2. The van der Waals surface area contributed by atoms with Crippen molar-refractivity contribution in [3.8, 4) is 0 Å². The molecule has 0 aromatic carbocycles. The smallest absolute Gasteiger partial charge is 0.308 e. The molecule has 1 aromatic heterocycles. The molecule has 19 heavy (non-hydrogen) atoms. The summed E-state index contributed by atoms with van der Waals surface area (Å²) in [6.07, 6.45) is 0.504. The van der Waals surface area contributed by atoms with Crippen molar-refractivity contribution in [1.29, 1.82) is 0 Å². The molecule has 1 amide bonds. The second-order valence-corrected chi connectivity index (χ2v) is 5.34. The quantitative estimate of drug-likeness (QED) is 0.866. The van der Waals surface area contributed by atoms with Crippen molar-refractivity contribution < 1.29 is 14.7 Å². The first-order valence-electron chi connectivity index (χ1n) is 6.51.